The lowest BCUT2D eigenvalue weighted by Crippen LogP contribution is -2.27. The molecule has 2 amide bonds. The molecule has 2 aromatic carbocycles. The van der Waals surface area contributed by atoms with E-state index in [0.29, 0.717) is 53.4 Å². The molecule has 0 spiro atoms. The Bertz CT molecular complexity index is 943. The molecular formula is C23H27ClN2O4. The van der Waals surface area contributed by atoms with E-state index < -0.39 is 0 Å². The average molecular weight is 431 g/mol. The summed E-state index contributed by atoms with van der Waals surface area (Å²) in [6.45, 7) is 7.67. The monoisotopic (exact) mass is 430 g/mol. The van der Waals surface area contributed by atoms with Gasteiger partial charge in [-0.15, -0.1) is 0 Å². The van der Waals surface area contributed by atoms with E-state index in [1.165, 1.54) is 0 Å². The van der Waals surface area contributed by atoms with Gasteiger partial charge in [0.15, 0.2) is 11.5 Å². The molecule has 0 atom stereocenters. The number of hydrogen-bond donors (Lipinski definition) is 2. The summed E-state index contributed by atoms with van der Waals surface area (Å²) >= 11 is 6.31. The molecule has 160 valence electrons. The van der Waals surface area contributed by atoms with Crippen LogP contribution in [0.25, 0.3) is 0 Å². The molecule has 0 bridgehead atoms. The van der Waals surface area contributed by atoms with Crippen LogP contribution in [0.4, 0.5) is 5.69 Å². The lowest BCUT2D eigenvalue weighted by molar-refractivity contribution is -0.115. The minimum Gasteiger partial charge on any atom is -0.489 e. The summed E-state index contributed by atoms with van der Waals surface area (Å²) in [7, 11) is 0. The highest BCUT2D eigenvalue weighted by Gasteiger charge is 2.17. The van der Waals surface area contributed by atoms with Crippen molar-refractivity contribution in [3.8, 4) is 11.5 Å². The zero-order chi connectivity index (χ0) is 21.7. The Labute approximate surface area is 181 Å². The highest BCUT2D eigenvalue weighted by molar-refractivity contribution is 6.32. The Morgan fingerprint density at radius 1 is 1.13 bits per heavy atom. The standard InChI is InChI=1S/C23H27ClN2O4/c1-14(2)13-25-23(28)17-5-6-19(15(3)9-17)26-21(27)12-16-10-18(24)22-20(11-16)29-7-4-8-30-22/h5-6,9-11,14H,4,7-8,12-13H2,1-3H3,(H,25,28)(H,26,27). The zero-order valence-corrected chi connectivity index (χ0v) is 18.3. The van der Waals surface area contributed by atoms with Crippen molar-refractivity contribution in [1.82, 2.24) is 5.32 Å². The van der Waals surface area contributed by atoms with Crippen LogP contribution in [0.1, 0.15) is 41.8 Å². The quantitative estimate of drug-likeness (QED) is 0.713. The number of rotatable bonds is 6. The predicted octanol–water partition coefficient (Wildman–Crippen LogP) is 4.38. The van der Waals surface area contributed by atoms with Crippen molar-refractivity contribution in [2.75, 3.05) is 25.1 Å². The molecule has 7 heteroatoms. The third-order valence-corrected chi connectivity index (χ3v) is 4.94. The summed E-state index contributed by atoms with van der Waals surface area (Å²) in [5.41, 5.74) is 2.79. The van der Waals surface area contributed by atoms with Crippen LogP contribution >= 0.6 is 11.6 Å². The van der Waals surface area contributed by atoms with Crippen LogP contribution in [0.2, 0.25) is 5.02 Å². The van der Waals surface area contributed by atoms with E-state index >= 15 is 0 Å². The molecule has 2 aromatic rings. The second kappa shape index (κ2) is 9.85. The van der Waals surface area contributed by atoms with Gasteiger partial charge in [0.1, 0.15) is 0 Å². The fourth-order valence-electron chi connectivity index (χ4n) is 3.11. The maximum absolute atomic E-state index is 12.6. The number of halogens is 1. The molecule has 2 N–H and O–H groups in total. The number of anilines is 1. The van der Waals surface area contributed by atoms with Crippen LogP contribution in [-0.4, -0.2) is 31.6 Å². The van der Waals surface area contributed by atoms with E-state index in [2.05, 4.69) is 10.6 Å². The number of aryl methyl sites for hydroxylation is 1. The van der Waals surface area contributed by atoms with Gasteiger partial charge in [-0.05, 0) is 54.3 Å². The molecule has 0 unspecified atom stereocenters. The van der Waals surface area contributed by atoms with Crippen molar-refractivity contribution < 1.29 is 19.1 Å². The molecule has 0 saturated carbocycles. The summed E-state index contributed by atoms with van der Waals surface area (Å²) in [5, 5.41) is 6.23. The largest absolute Gasteiger partial charge is 0.489 e. The van der Waals surface area contributed by atoms with Gasteiger partial charge in [0.25, 0.3) is 5.91 Å². The lowest BCUT2D eigenvalue weighted by atomic mass is 10.1. The van der Waals surface area contributed by atoms with Crippen LogP contribution in [-0.2, 0) is 11.2 Å². The minimum absolute atomic E-state index is 0.119. The molecule has 0 aromatic heterocycles. The first-order chi connectivity index (χ1) is 14.3. The van der Waals surface area contributed by atoms with Gasteiger partial charge in [0.2, 0.25) is 5.91 Å². The Morgan fingerprint density at radius 3 is 2.63 bits per heavy atom. The number of ether oxygens (including phenoxy) is 2. The summed E-state index contributed by atoms with van der Waals surface area (Å²) in [6, 6.07) is 8.75. The van der Waals surface area contributed by atoms with Gasteiger partial charge in [-0.2, -0.15) is 0 Å². The first kappa shape index (κ1) is 22.0. The van der Waals surface area contributed by atoms with Gasteiger partial charge < -0.3 is 20.1 Å². The van der Waals surface area contributed by atoms with Crippen LogP contribution in [0, 0.1) is 12.8 Å². The number of fused-ring (bicyclic) bond motifs is 1. The van der Waals surface area contributed by atoms with Crippen LogP contribution in [0.3, 0.4) is 0 Å². The smallest absolute Gasteiger partial charge is 0.251 e. The number of carbonyl (C=O) groups is 2. The Morgan fingerprint density at radius 2 is 1.90 bits per heavy atom. The molecular weight excluding hydrogens is 404 g/mol. The molecule has 0 fully saturated rings. The zero-order valence-electron chi connectivity index (χ0n) is 17.5. The highest BCUT2D eigenvalue weighted by Crippen LogP contribution is 2.38. The highest BCUT2D eigenvalue weighted by atomic mass is 35.5. The van der Waals surface area contributed by atoms with E-state index in [1.54, 1.807) is 30.3 Å². The molecule has 1 aliphatic heterocycles. The summed E-state index contributed by atoms with van der Waals surface area (Å²) in [5.74, 6) is 1.18. The number of amides is 2. The predicted molar refractivity (Wildman–Crippen MR) is 118 cm³/mol. The van der Waals surface area contributed by atoms with Crippen molar-refractivity contribution in [2.45, 2.75) is 33.6 Å². The van der Waals surface area contributed by atoms with Crippen LogP contribution in [0.5, 0.6) is 11.5 Å². The molecule has 0 radical (unpaired) electrons. The second-order valence-electron chi connectivity index (χ2n) is 7.81. The van der Waals surface area contributed by atoms with Crippen LogP contribution in [0.15, 0.2) is 30.3 Å². The SMILES string of the molecule is Cc1cc(C(=O)NCC(C)C)ccc1NC(=O)Cc1cc(Cl)c2c(c1)OCCCO2. The second-order valence-corrected chi connectivity index (χ2v) is 8.22. The van der Waals surface area contributed by atoms with E-state index in [-0.39, 0.29) is 18.2 Å². The number of hydrogen-bond acceptors (Lipinski definition) is 4. The van der Waals surface area contributed by atoms with Gasteiger partial charge in [-0.1, -0.05) is 25.4 Å². The minimum atomic E-state index is -0.180. The van der Waals surface area contributed by atoms with Gasteiger partial charge in [-0.25, -0.2) is 0 Å². The fraction of sp³-hybridized carbons (Fsp3) is 0.391. The van der Waals surface area contributed by atoms with Crippen LogP contribution < -0.4 is 20.1 Å². The molecule has 30 heavy (non-hydrogen) atoms. The maximum atomic E-state index is 12.6. The first-order valence-corrected chi connectivity index (χ1v) is 10.5. The van der Waals surface area contributed by atoms with Crippen molar-refractivity contribution in [3.63, 3.8) is 0 Å². The van der Waals surface area contributed by atoms with Gasteiger partial charge >= 0.3 is 0 Å². The number of carbonyl (C=O) groups excluding carboxylic acids is 2. The van der Waals surface area contributed by atoms with E-state index in [1.807, 2.05) is 20.8 Å². The fourth-order valence-corrected chi connectivity index (χ4v) is 3.40. The molecule has 1 aliphatic rings. The Hall–Kier alpha value is -2.73. The molecule has 0 aliphatic carbocycles. The summed E-state index contributed by atoms with van der Waals surface area (Å²) in [4.78, 5) is 24.8. The molecule has 1 heterocycles. The molecule has 0 saturated heterocycles. The Kier molecular flexibility index (Phi) is 7.21. The van der Waals surface area contributed by atoms with E-state index in [4.69, 9.17) is 21.1 Å². The molecule has 6 nitrogen and oxygen atoms in total. The first-order valence-electron chi connectivity index (χ1n) is 10.1. The van der Waals surface area contributed by atoms with Crippen molar-refractivity contribution in [2.24, 2.45) is 5.92 Å². The summed E-state index contributed by atoms with van der Waals surface area (Å²) in [6.07, 6.45) is 0.929. The van der Waals surface area contributed by atoms with E-state index in [0.717, 1.165) is 17.5 Å². The maximum Gasteiger partial charge on any atom is 0.251 e. The van der Waals surface area contributed by atoms with Gasteiger partial charge in [-0.3, -0.25) is 9.59 Å². The van der Waals surface area contributed by atoms with E-state index in [9.17, 15) is 9.59 Å². The van der Waals surface area contributed by atoms with Gasteiger partial charge in [0.05, 0.1) is 24.7 Å². The van der Waals surface area contributed by atoms with Crippen molar-refractivity contribution in [1.29, 1.82) is 0 Å². The Balaban J connectivity index is 1.66. The normalized spacial score (nSPS) is 13.0. The topological polar surface area (TPSA) is 76.7 Å². The van der Waals surface area contributed by atoms with Gasteiger partial charge in [0, 0.05) is 24.2 Å². The number of benzene rings is 2. The van der Waals surface area contributed by atoms with Crippen molar-refractivity contribution in [3.05, 3.63) is 52.0 Å². The average Bonchev–Trinajstić information content (AvgIpc) is 2.93. The molecule has 3 rings (SSSR count). The lowest BCUT2D eigenvalue weighted by Gasteiger charge is -2.13. The third kappa shape index (κ3) is 5.66. The third-order valence-electron chi connectivity index (χ3n) is 4.66. The van der Waals surface area contributed by atoms with Crippen molar-refractivity contribution >= 4 is 29.1 Å². The number of nitrogens with one attached hydrogen (secondary N) is 2. The summed E-state index contributed by atoms with van der Waals surface area (Å²) < 4.78 is 11.3.